The fourth-order valence-electron chi connectivity index (χ4n) is 4.31. The van der Waals surface area contributed by atoms with E-state index in [1.54, 1.807) is 0 Å². The van der Waals surface area contributed by atoms with Gasteiger partial charge < -0.3 is 20.3 Å². The Morgan fingerprint density at radius 2 is 0.733 bits per heavy atom. The van der Waals surface area contributed by atoms with Gasteiger partial charge in [-0.1, -0.05) is 54.6 Å². The van der Waals surface area contributed by atoms with Crippen LogP contribution in [-0.2, 0) is 25.7 Å². The number of H-pyrrole nitrogens is 1. The molecule has 0 atom stereocenters. The predicted molar refractivity (Wildman–Crippen MR) is 116 cm³/mol. The maximum Gasteiger partial charge on any atom is 0.122 e. The van der Waals surface area contributed by atoms with Gasteiger partial charge in [0.05, 0.1) is 0 Å². The fraction of sp³-hybridized carbons (Fsp3) is 0.154. The molecule has 4 N–H and O–H groups in total. The zero-order valence-electron chi connectivity index (χ0n) is 16.5. The van der Waals surface area contributed by atoms with Crippen LogP contribution in [0, 0.1) is 0 Å². The van der Waals surface area contributed by atoms with Crippen molar-refractivity contribution >= 4 is 0 Å². The molecule has 4 aromatic rings. The van der Waals surface area contributed by atoms with Gasteiger partial charge in [-0.3, -0.25) is 0 Å². The minimum atomic E-state index is 0.214. The number of fused-ring (bicyclic) bond motifs is 8. The standard InChI is InChI=1S/C26H23NO3/c28-24-16-4-1-5-17(24)13-19-7-3-9-21(26(19)30)15-23-11-10-22(27-23)14-20-8-2-6-18(12-16)25(20)29/h1-11,27-30H,12-15H2. The number of phenols is 3. The molecule has 150 valence electrons. The van der Waals surface area contributed by atoms with Gasteiger partial charge in [0, 0.05) is 48.2 Å². The zero-order valence-corrected chi connectivity index (χ0v) is 16.5. The first-order valence-electron chi connectivity index (χ1n) is 10.1. The Hall–Kier alpha value is -3.66. The van der Waals surface area contributed by atoms with E-state index in [2.05, 4.69) is 4.98 Å². The molecule has 0 fully saturated rings. The van der Waals surface area contributed by atoms with Crippen molar-refractivity contribution in [3.63, 3.8) is 0 Å². The largest absolute Gasteiger partial charge is 0.507 e. The summed E-state index contributed by atoms with van der Waals surface area (Å²) in [4.78, 5) is 3.42. The summed E-state index contributed by atoms with van der Waals surface area (Å²) in [5.74, 6) is 0.758. The molecular weight excluding hydrogens is 374 g/mol. The van der Waals surface area contributed by atoms with Crippen LogP contribution in [0.2, 0.25) is 0 Å². The van der Waals surface area contributed by atoms with Gasteiger partial charge in [-0.05, 0) is 34.4 Å². The summed E-state index contributed by atoms with van der Waals surface area (Å²) in [6, 6.07) is 21.2. The molecule has 30 heavy (non-hydrogen) atoms. The minimum absolute atomic E-state index is 0.214. The molecule has 4 nitrogen and oxygen atoms in total. The van der Waals surface area contributed by atoms with E-state index in [0.29, 0.717) is 25.7 Å². The molecule has 5 rings (SSSR count). The summed E-state index contributed by atoms with van der Waals surface area (Å²) in [5.41, 5.74) is 6.76. The number of aromatic hydroxyl groups is 3. The van der Waals surface area contributed by atoms with E-state index in [-0.39, 0.29) is 17.2 Å². The summed E-state index contributed by atoms with van der Waals surface area (Å²) < 4.78 is 0. The normalized spacial score (nSPS) is 13.2. The lowest BCUT2D eigenvalue weighted by atomic mass is 9.94. The van der Waals surface area contributed by atoms with Crippen LogP contribution in [0.4, 0.5) is 0 Å². The second-order valence-corrected chi connectivity index (χ2v) is 7.99. The van der Waals surface area contributed by atoms with Crippen LogP contribution in [0.1, 0.15) is 44.8 Å². The average molecular weight is 397 g/mol. The van der Waals surface area contributed by atoms with Crippen LogP contribution < -0.4 is 0 Å². The number of aromatic nitrogens is 1. The first-order valence-corrected chi connectivity index (χ1v) is 10.1. The number of para-hydroxylation sites is 3. The molecule has 0 radical (unpaired) electrons. The molecule has 2 heterocycles. The number of hydrogen-bond donors (Lipinski definition) is 4. The maximum atomic E-state index is 10.9. The molecule has 1 aromatic heterocycles. The predicted octanol–water partition coefficient (Wildman–Crippen LogP) is 4.81. The smallest absolute Gasteiger partial charge is 0.122 e. The lowest BCUT2D eigenvalue weighted by Crippen LogP contribution is -1.99. The lowest BCUT2D eigenvalue weighted by Gasteiger charge is -2.15. The number of hydrogen-bond acceptors (Lipinski definition) is 3. The third-order valence-corrected chi connectivity index (χ3v) is 5.94. The molecule has 0 amide bonds. The van der Waals surface area contributed by atoms with E-state index in [1.165, 1.54) is 0 Å². The van der Waals surface area contributed by atoms with E-state index in [9.17, 15) is 15.3 Å². The Morgan fingerprint density at radius 3 is 1.07 bits per heavy atom. The van der Waals surface area contributed by atoms with Gasteiger partial charge in [-0.25, -0.2) is 0 Å². The van der Waals surface area contributed by atoms with Crippen molar-refractivity contribution in [2.24, 2.45) is 0 Å². The van der Waals surface area contributed by atoms with Crippen molar-refractivity contribution in [2.45, 2.75) is 25.7 Å². The van der Waals surface area contributed by atoms with E-state index >= 15 is 0 Å². The van der Waals surface area contributed by atoms with E-state index in [0.717, 1.165) is 44.8 Å². The first-order chi connectivity index (χ1) is 14.6. The van der Waals surface area contributed by atoms with Crippen molar-refractivity contribution in [1.82, 2.24) is 4.98 Å². The summed E-state index contributed by atoms with van der Waals surface area (Å²) in [5, 5.41) is 32.6. The monoisotopic (exact) mass is 397 g/mol. The molecular formula is C26H23NO3. The van der Waals surface area contributed by atoms with Crippen LogP contribution in [0.3, 0.4) is 0 Å². The van der Waals surface area contributed by atoms with Gasteiger partial charge in [-0.15, -0.1) is 0 Å². The molecule has 1 aliphatic rings. The van der Waals surface area contributed by atoms with Crippen molar-refractivity contribution < 1.29 is 15.3 Å². The van der Waals surface area contributed by atoms with Crippen molar-refractivity contribution in [2.75, 3.05) is 0 Å². The molecule has 0 aliphatic carbocycles. The van der Waals surface area contributed by atoms with E-state index in [4.69, 9.17) is 0 Å². The highest BCUT2D eigenvalue weighted by Gasteiger charge is 2.16. The molecule has 0 saturated carbocycles. The first kappa shape index (κ1) is 18.4. The molecule has 8 bridgehead atoms. The molecule has 0 spiro atoms. The SMILES string of the molecule is Oc1c2cccc1Cc1cccc(c1O)Cc1cccc(c1O)Cc1ccc([nH]1)C2. The average Bonchev–Trinajstić information content (AvgIpc) is 3.17. The number of aromatic amines is 1. The quantitative estimate of drug-likeness (QED) is 0.303. The van der Waals surface area contributed by atoms with Gasteiger partial charge in [0.1, 0.15) is 17.2 Å². The topological polar surface area (TPSA) is 76.5 Å². The third kappa shape index (κ3) is 3.30. The Labute approximate surface area is 175 Å². The minimum Gasteiger partial charge on any atom is -0.507 e. The van der Waals surface area contributed by atoms with Crippen molar-refractivity contribution in [3.8, 4) is 17.2 Å². The second-order valence-electron chi connectivity index (χ2n) is 7.99. The van der Waals surface area contributed by atoms with Crippen LogP contribution in [0.5, 0.6) is 17.2 Å². The zero-order chi connectivity index (χ0) is 20.7. The van der Waals surface area contributed by atoms with Crippen LogP contribution in [0.15, 0.2) is 66.7 Å². The van der Waals surface area contributed by atoms with Crippen molar-refractivity contribution in [1.29, 1.82) is 0 Å². The van der Waals surface area contributed by atoms with E-state index < -0.39 is 0 Å². The molecule has 0 saturated heterocycles. The fourth-order valence-corrected chi connectivity index (χ4v) is 4.31. The summed E-state index contributed by atoms with van der Waals surface area (Å²) >= 11 is 0. The molecule has 3 aromatic carbocycles. The third-order valence-electron chi connectivity index (χ3n) is 5.94. The Kier molecular flexibility index (Phi) is 4.47. The molecule has 4 heteroatoms. The Morgan fingerprint density at radius 1 is 0.433 bits per heavy atom. The molecule has 0 unspecified atom stereocenters. The number of nitrogens with one attached hydrogen (secondary N) is 1. The van der Waals surface area contributed by atoms with Gasteiger partial charge in [0.15, 0.2) is 0 Å². The number of phenolic OH excluding ortho intramolecular Hbond substituents is 3. The second kappa shape index (κ2) is 7.30. The Balaban J connectivity index is 1.67. The number of benzene rings is 3. The number of rotatable bonds is 0. The van der Waals surface area contributed by atoms with Gasteiger partial charge in [-0.2, -0.15) is 0 Å². The summed E-state index contributed by atoms with van der Waals surface area (Å²) in [6.45, 7) is 0. The van der Waals surface area contributed by atoms with Crippen LogP contribution in [0.25, 0.3) is 0 Å². The molecule has 1 aliphatic heterocycles. The van der Waals surface area contributed by atoms with Gasteiger partial charge in [0.25, 0.3) is 0 Å². The summed E-state index contributed by atoms with van der Waals surface area (Å²) in [7, 11) is 0. The maximum absolute atomic E-state index is 10.9. The van der Waals surface area contributed by atoms with E-state index in [1.807, 2.05) is 66.7 Å². The summed E-state index contributed by atoms with van der Waals surface area (Å²) in [6.07, 6.45) is 2.03. The highest BCUT2D eigenvalue weighted by atomic mass is 16.3. The lowest BCUT2D eigenvalue weighted by molar-refractivity contribution is 0.454. The van der Waals surface area contributed by atoms with Crippen LogP contribution >= 0.6 is 0 Å². The van der Waals surface area contributed by atoms with Gasteiger partial charge >= 0.3 is 0 Å². The highest BCUT2D eigenvalue weighted by Crippen LogP contribution is 2.34. The van der Waals surface area contributed by atoms with Gasteiger partial charge in [0.2, 0.25) is 0 Å². The van der Waals surface area contributed by atoms with Crippen molar-refractivity contribution in [3.05, 3.63) is 111 Å². The van der Waals surface area contributed by atoms with Crippen LogP contribution in [-0.4, -0.2) is 20.3 Å². The highest BCUT2D eigenvalue weighted by molar-refractivity contribution is 5.52. The Bertz CT molecular complexity index is 1150.